The first-order valence-electron chi connectivity index (χ1n) is 9.26. The Morgan fingerprint density at radius 2 is 2.03 bits per heavy atom. The molecular weight excluding hydrogens is 374 g/mol. The molecule has 1 atom stereocenters. The summed E-state index contributed by atoms with van der Waals surface area (Å²) in [5.41, 5.74) is 2.12. The molecule has 1 unspecified atom stereocenters. The van der Waals surface area contributed by atoms with Crippen LogP contribution in [0.2, 0.25) is 0 Å². The van der Waals surface area contributed by atoms with E-state index in [1.807, 2.05) is 19.9 Å². The lowest BCUT2D eigenvalue weighted by Gasteiger charge is -2.18. The smallest absolute Gasteiger partial charge is 0.253 e. The van der Waals surface area contributed by atoms with E-state index in [1.165, 1.54) is 6.07 Å². The van der Waals surface area contributed by atoms with Gasteiger partial charge in [-0.25, -0.2) is 4.98 Å². The molecule has 0 aliphatic carbocycles. The van der Waals surface area contributed by atoms with Crippen molar-refractivity contribution in [1.29, 1.82) is 5.41 Å². The Morgan fingerprint density at radius 3 is 2.59 bits per heavy atom. The van der Waals surface area contributed by atoms with E-state index in [0.717, 1.165) is 17.5 Å². The van der Waals surface area contributed by atoms with Crippen molar-refractivity contribution in [2.75, 3.05) is 11.9 Å². The molecule has 6 N–H and O–H groups in total. The highest BCUT2D eigenvalue weighted by Crippen LogP contribution is 2.22. The number of hydrogen-bond acceptors (Lipinski definition) is 7. The number of pyridine rings is 2. The first kappa shape index (κ1) is 22.3. The summed E-state index contributed by atoms with van der Waals surface area (Å²) in [4.78, 5) is 32.0. The lowest BCUT2D eigenvalue weighted by molar-refractivity contribution is 0.0913. The van der Waals surface area contributed by atoms with Crippen LogP contribution in [0.4, 0.5) is 5.82 Å². The predicted molar refractivity (Wildman–Crippen MR) is 111 cm³/mol. The van der Waals surface area contributed by atoms with E-state index in [2.05, 4.69) is 20.6 Å². The van der Waals surface area contributed by atoms with Crippen molar-refractivity contribution in [1.82, 2.24) is 15.3 Å². The molecule has 156 valence electrons. The summed E-state index contributed by atoms with van der Waals surface area (Å²) in [6.45, 7) is 6.76. The van der Waals surface area contributed by atoms with Gasteiger partial charge in [0.2, 0.25) is 0 Å². The van der Waals surface area contributed by atoms with Gasteiger partial charge in [-0.05, 0) is 45.4 Å². The molecule has 2 aromatic heterocycles. The molecule has 9 nitrogen and oxygen atoms in total. The van der Waals surface area contributed by atoms with Gasteiger partial charge >= 0.3 is 0 Å². The number of aliphatic hydroxyl groups excluding tert-OH is 2. The Bertz CT molecular complexity index is 968. The number of anilines is 1. The second-order valence-electron chi connectivity index (χ2n) is 7.12. The van der Waals surface area contributed by atoms with Crippen LogP contribution in [0.3, 0.4) is 0 Å². The number of aromatic amines is 1. The number of aryl methyl sites for hydroxylation is 2. The minimum absolute atomic E-state index is 0.00483. The third kappa shape index (κ3) is 5.27. The number of aliphatic hydroxyl groups is 2. The molecule has 0 radical (unpaired) electrons. The van der Waals surface area contributed by atoms with E-state index in [4.69, 9.17) is 5.41 Å². The van der Waals surface area contributed by atoms with Crippen molar-refractivity contribution >= 4 is 17.9 Å². The number of carbonyl (C=O) groups is 1. The van der Waals surface area contributed by atoms with Crippen LogP contribution in [0.1, 0.15) is 58.4 Å². The number of rotatable bonds is 8. The fourth-order valence-electron chi connectivity index (χ4n) is 2.92. The Kier molecular flexibility index (Phi) is 7.24. The normalized spacial score (nSPS) is 12.0. The molecule has 9 heteroatoms. The lowest BCUT2D eigenvalue weighted by Crippen LogP contribution is -2.29. The number of hydrogen-bond donors (Lipinski definition) is 6. The molecule has 0 spiro atoms. The molecule has 0 fully saturated rings. The van der Waals surface area contributed by atoms with Crippen molar-refractivity contribution in [3.05, 3.63) is 56.1 Å². The zero-order valence-corrected chi connectivity index (χ0v) is 17.0. The number of nitrogens with zero attached hydrogens (tertiary/aromatic N) is 1. The highest BCUT2D eigenvalue weighted by molar-refractivity contribution is 6.04. The van der Waals surface area contributed by atoms with Gasteiger partial charge in [0.15, 0.2) is 0 Å². The average molecular weight is 401 g/mol. The summed E-state index contributed by atoms with van der Waals surface area (Å²) in [6, 6.07) is 3.12. The molecular formula is C20H27N5O4. The summed E-state index contributed by atoms with van der Waals surface area (Å²) < 4.78 is 0. The maximum Gasteiger partial charge on any atom is 0.253 e. The van der Waals surface area contributed by atoms with E-state index in [9.17, 15) is 19.8 Å². The quantitative estimate of drug-likeness (QED) is 0.365. The fraction of sp³-hybridized carbons (Fsp3) is 0.400. The summed E-state index contributed by atoms with van der Waals surface area (Å²) in [5, 5.41) is 32.7. The Hall–Kier alpha value is -3.04. The number of amides is 1. The minimum Gasteiger partial charge on any atom is -0.393 e. The van der Waals surface area contributed by atoms with Crippen LogP contribution in [0.5, 0.6) is 0 Å². The van der Waals surface area contributed by atoms with E-state index in [1.54, 1.807) is 13.8 Å². The molecule has 0 saturated heterocycles. The minimum atomic E-state index is -1.27. The zero-order chi connectivity index (χ0) is 21.7. The third-order valence-corrected chi connectivity index (χ3v) is 4.33. The number of nitrogens with one attached hydrogen (secondary N) is 4. The molecule has 0 aliphatic heterocycles. The van der Waals surface area contributed by atoms with Gasteiger partial charge in [-0.1, -0.05) is 0 Å². The molecule has 2 aromatic rings. The highest BCUT2D eigenvalue weighted by atomic mass is 16.3. The Labute approximate surface area is 168 Å². The van der Waals surface area contributed by atoms with Gasteiger partial charge in [-0.15, -0.1) is 0 Å². The third-order valence-electron chi connectivity index (χ3n) is 4.33. The van der Waals surface area contributed by atoms with Gasteiger partial charge in [0, 0.05) is 35.6 Å². The van der Waals surface area contributed by atoms with Crippen molar-refractivity contribution in [3.8, 4) is 0 Å². The summed E-state index contributed by atoms with van der Waals surface area (Å²) in [5.74, 6) is -0.266. The summed E-state index contributed by atoms with van der Waals surface area (Å²) in [7, 11) is 0. The van der Waals surface area contributed by atoms with Gasteiger partial charge < -0.3 is 31.2 Å². The van der Waals surface area contributed by atoms with Crippen LogP contribution in [0.15, 0.2) is 16.9 Å². The van der Waals surface area contributed by atoms with Crippen LogP contribution < -0.4 is 16.2 Å². The summed E-state index contributed by atoms with van der Waals surface area (Å²) >= 11 is 0. The fourth-order valence-corrected chi connectivity index (χ4v) is 2.92. The molecule has 0 aliphatic rings. The van der Waals surface area contributed by atoms with Crippen LogP contribution >= 0.6 is 0 Å². The Balaban J connectivity index is 2.42. The highest BCUT2D eigenvalue weighted by Gasteiger charge is 2.21. The monoisotopic (exact) mass is 401 g/mol. The molecule has 1 amide bonds. The number of carbonyl (C=O) groups excluding carboxylic acids is 1. The molecule has 29 heavy (non-hydrogen) atoms. The van der Waals surface area contributed by atoms with Gasteiger partial charge in [0.25, 0.3) is 11.5 Å². The van der Waals surface area contributed by atoms with Crippen molar-refractivity contribution in [2.24, 2.45) is 0 Å². The van der Waals surface area contributed by atoms with Crippen molar-refractivity contribution < 1.29 is 15.0 Å². The molecule has 0 aromatic carbocycles. The van der Waals surface area contributed by atoms with Crippen LogP contribution in [0.25, 0.3) is 0 Å². The van der Waals surface area contributed by atoms with E-state index in [0.29, 0.717) is 5.56 Å². The SMILES string of the molecule is Cc1cc(C)c(CNC(=O)c2cc(C(O)CO)nc(NC(C)C)c2C=N)c(=O)[nH]1. The maximum atomic E-state index is 12.9. The van der Waals surface area contributed by atoms with Crippen LogP contribution in [0, 0.1) is 19.3 Å². The lowest BCUT2D eigenvalue weighted by atomic mass is 10.0. The van der Waals surface area contributed by atoms with Crippen molar-refractivity contribution in [2.45, 2.75) is 46.4 Å². The molecule has 0 bridgehead atoms. The Morgan fingerprint density at radius 1 is 1.34 bits per heavy atom. The number of aromatic nitrogens is 2. The van der Waals surface area contributed by atoms with E-state index in [-0.39, 0.29) is 40.8 Å². The van der Waals surface area contributed by atoms with Crippen LogP contribution in [-0.4, -0.2) is 45.0 Å². The molecule has 0 saturated carbocycles. The van der Waals surface area contributed by atoms with Gasteiger partial charge in [-0.2, -0.15) is 0 Å². The van der Waals surface area contributed by atoms with E-state index >= 15 is 0 Å². The van der Waals surface area contributed by atoms with Gasteiger partial charge in [0.1, 0.15) is 11.9 Å². The van der Waals surface area contributed by atoms with Gasteiger partial charge in [-0.3, -0.25) is 9.59 Å². The maximum absolute atomic E-state index is 12.9. The first-order chi connectivity index (χ1) is 13.7. The number of H-pyrrole nitrogens is 1. The second-order valence-corrected chi connectivity index (χ2v) is 7.12. The predicted octanol–water partition coefficient (Wildman–Crippen LogP) is 1.16. The zero-order valence-electron chi connectivity index (χ0n) is 17.0. The first-order valence-corrected chi connectivity index (χ1v) is 9.26. The van der Waals surface area contributed by atoms with Crippen molar-refractivity contribution in [3.63, 3.8) is 0 Å². The summed E-state index contributed by atoms with van der Waals surface area (Å²) in [6.07, 6.45) is -0.262. The average Bonchev–Trinajstić information content (AvgIpc) is 2.65. The van der Waals surface area contributed by atoms with Gasteiger partial charge in [0.05, 0.1) is 17.9 Å². The second kappa shape index (κ2) is 9.44. The standard InChI is InChI=1S/C20H27N5O4/c1-10(2)23-18-14(7-21)13(6-16(25-18)17(27)9-26)19(28)22-8-15-11(3)5-12(4)24-20(15)29/h5-7,10,17,21,26-27H,8-9H2,1-4H3,(H,22,28)(H,23,25)(H,24,29). The molecule has 2 heterocycles. The topological polar surface area (TPSA) is 151 Å². The van der Waals surface area contributed by atoms with E-state index < -0.39 is 18.6 Å². The largest absolute Gasteiger partial charge is 0.393 e. The van der Waals surface area contributed by atoms with Crippen LogP contribution in [-0.2, 0) is 6.54 Å². The molecule has 2 rings (SSSR count).